The summed E-state index contributed by atoms with van der Waals surface area (Å²) in [5.41, 5.74) is 1.10. The maximum absolute atomic E-state index is 13.4. The van der Waals surface area contributed by atoms with E-state index in [9.17, 15) is 9.90 Å². The third kappa shape index (κ3) is 3.35. The number of imidazole rings is 1. The molecule has 164 valence electrons. The van der Waals surface area contributed by atoms with E-state index in [1.54, 1.807) is 4.57 Å². The highest BCUT2D eigenvalue weighted by Gasteiger charge is 2.42. The normalized spacial score (nSPS) is 27.9. The predicted octanol–water partition coefficient (Wildman–Crippen LogP) is 3.70. The molecule has 2 N–H and O–H groups in total. The molecule has 1 aliphatic carbocycles. The topological polar surface area (TPSA) is 85.0 Å². The third-order valence-corrected chi connectivity index (χ3v) is 7.15. The van der Waals surface area contributed by atoms with Crippen LogP contribution in [0.2, 0.25) is 0 Å². The number of rotatable bonds is 4. The van der Waals surface area contributed by atoms with Gasteiger partial charge in [0.1, 0.15) is 17.3 Å². The van der Waals surface area contributed by atoms with Crippen molar-refractivity contribution in [3.05, 3.63) is 52.2 Å². The van der Waals surface area contributed by atoms with Gasteiger partial charge in [0.2, 0.25) is 0 Å². The minimum atomic E-state index is -0.614. The number of benzene rings is 1. The van der Waals surface area contributed by atoms with Gasteiger partial charge in [-0.25, -0.2) is 14.8 Å². The van der Waals surface area contributed by atoms with E-state index in [2.05, 4.69) is 31.3 Å². The number of nitrogens with zero attached hydrogens (tertiary/aromatic N) is 4. The molecule has 1 atom stereocenters. The quantitative estimate of drug-likeness (QED) is 0.671. The summed E-state index contributed by atoms with van der Waals surface area (Å²) in [4.78, 5) is 23.3. The van der Waals surface area contributed by atoms with Crippen molar-refractivity contribution in [3.63, 3.8) is 0 Å². The van der Waals surface area contributed by atoms with Gasteiger partial charge >= 0.3 is 5.69 Å². The Morgan fingerprint density at radius 2 is 1.84 bits per heavy atom. The zero-order valence-corrected chi connectivity index (χ0v) is 18.6. The van der Waals surface area contributed by atoms with Gasteiger partial charge in [-0.3, -0.25) is 9.13 Å². The molecule has 31 heavy (non-hydrogen) atoms. The second-order valence-electron chi connectivity index (χ2n) is 9.78. The molecular weight excluding hydrogens is 390 g/mol. The second kappa shape index (κ2) is 7.19. The fourth-order valence-corrected chi connectivity index (χ4v) is 4.98. The van der Waals surface area contributed by atoms with E-state index in [0.29, 0.717) is 18.9 Å². The van der Waals surface area contributed by atoms with E-state index < -0.39 is 5.60 Å². The first kappa shape index (κ1) is 20.2. The summed E-state index contributed by atoms with van der Waals surface area (Å²) in [7, 11) is 0. The maximum atomic E-state index is 13.4. The minimum absolute atomic E-state index is 0.0292. The van der Waals surface area contributed by atoms with Gasteiger partial charge in [-0.1, -0.05) is 44.2 Å². The van der Waals surface area contributed by atoms with Crippen molar-refractivity contribution in [2.45, 2.75) is 83.0 Å². The summed E-state index contributed by atoms with van der Waals surface area (Å²) in [5.74, 6) is 2.24. The van der Waals surface area contributed by atoms with Crippen LogP contribution in [0.3, 0.4) is 0 Å². The van der Waals surface area contributed by atoms with Gasteiger partial charge in [0.15, 0.2) is 5.82 Å². The molecule has 0 radical (unpaired) electrons. The van der Waals surface area contributed by atoms with Gasteiger partial charge < -0.3 is 10.4 Å². The standard InChI is InChI=1S/C24H31N5O2/c1-4-14-28-20-18(26-21(27-20)23(2)10-12-24(3,31)13-11-23)19-25-17(15-29(19)22(28)30)16-8-6-5-7-9-16/h5-9,17,25,31H,4,10-15H2,1-3H3/t17-,23?,24?/m0/s1. The second-order valence-corrected chi connectivity index (χ2v) is 9.78. The molecular formula is C24H31N5O2. The third-order valence-electron chi connectivity index (χ3n) is 7.15. The van der Waals surface area contributed by atoms with Crippen LogP contribution in [0, 0.1) is 0 Å². The number of nitrogens with one attached hydrogen (secondary N) is 1. The molecule has 1 fully saturated rings. The zero-order chi connectivity index (χ0) is 21.8. The number of aliphatic hydroxyl groups is 1. The van der Waals surface area contributed by atoms with E-state index in [-0.39, 0.29) is 17.1 Å². The number of aromatic nitrogens is 4. The lowest BCUT2D eigenvalue weighted by Gasteiger charge is -2.38. The zero-order valence-electron chi connectivity index (χ0n) is 18.6. The van der Waals surface area contributed by atoms with Crippen LogP contribution >= 0.6 is 0 Å². The Hall–Kier alpha value is -2.67. The molecule has 1 saturated carbocycles. The van der Waals surface area contributed by atoms with Crippen LogP contribution in [-0.2, 0) is 18.5 Å². The van der Waals surface area contributed by atoms with E-state index in [1.165, 1.54) is 0 Å². The van der Waals surface area contributed by atoms with Crippen molar-refractivity contribution in [3.8, 4) is 11.5 Å². The molecule has 1 aromatic carbocycles. The van der Waals surface area contributed by atoms with Crippen LogP contribution in [0.25, 0.3) is 11.5 Å². The highest BCUT2D eigenvalue weighted by molar-refractivity contribution is 5.70. The van der Waals surface area contributed by atoms with Gasteiger partial charge in [0, 0.05) is 12.0 Å². The number of fused-ring (bicyclic) bond motifs is 3. The minimum Gasteiger partial charge on any atom is -0.390 e. The molecule has 0 amide bonds. The Labute approximate surface area is 182 Å². The van der Waals surface area contributed by atoms with E-state index in [1.807, 2.05) is 29.7 Å². The molecule has 7 nitrogen and oxygen atoms in total. The van der Waals surface area contributed by atoms with Crippen molar-refractivity contribution >= 4 is 5.82 Å². The first-order chi connectivity index (χ1) is 14.8. The van der Waals surface area contributed by atoms with Crippen LogP contribution < -0.4 is 11.0 Å². The van der Waals surface area contributed by atoms with Crippen LogP contribution in [0.5, 0.6) is 0 Å². The van der Waals surface area contributed by atoms with Crippen LogP contribution in [0.15, 0.2) is 35.1 Å². The highest BCUT2D eigenvalue weighted by atomic mass is 16.3. The van der Waals surface area contributed by atoms with Gasteiger partial charge in [-0.2, -0.15) is 0 Å². The Kier molecular flexibility index (Phi) is 4.70. The summed E-state index contributed by atoms with van der Waals surface area (Å²) < 4.78 is 3.61. The molecule has 3 aliphatic heterocycles. The Morgan fingerprint density at radius 1 is 1.13 bits per heavy atom. The summed E-state index contributed by atoms with van der Waals surface area (Å²) in [6, 6.07) is 10.3. The van der Waals surface area contributed by atoms with Crippen molar-refractivity contribution < 1.29 is 5.11 Å². The Morgan fingerprint density at radius 3 is 2.52 bits per heavy atom. The van der Waals surface area contributed by atoms with Crippen molar-refractivity contribution in [2.75, 3.05) is 5.32 Å². The monoisotopic (exact) mass is 421 g/mol. The number of hydrogen-bond acceptors (Lipinski definition) is 5. The highest BCUT2D eigenvalue weighted by Crippen LogP contribution is 2.44. The number of anilines is 1. The van der Waals surface area contributed by atoms with E-state index in [4.69, 9.17) is 9.97 Å². The average Bonchev–Trinajstić information content (AvgIpc) is 3.40. The fraction of sp³-hybridized carbons (Fsp3) is 0.542. The van der Waals surface area contributed by atoms with Crippen molar-refractivity contribution in [2.24, 2.45) is 0 Å². The molecule has 4 aliphatic rings. The summed E-state index contributed by atoms with van der Waals surface area (Å²) in [6.07, 6.45) is 3.99. The van der Waals surface area contributed by atoms with Crippen LogP contribution in [0.4, 0.5) is 5.82 Å². The molecule has 5 rings (SSSR count). The Bertz CT molecular complexity index is 1120. The first-order valence-corrected chi connectivity index (χ1v) is 11.4. The number of hydrogen-bond donors (Lipinski definition) is 2. The van der Waals surface area contributed by atoms with Gasteiger partial charge in [0.25, 0.3) is 0 Å². The van der Waals surface area contributed by atoms with Gasteiger partial charge in [-0.05, 0) is 44.6 Å². The predicted molar refractivity (Wildman–Crippen MR) is 120 cm³/mol. The summed E-state index contributed by atoms with van der Waals surface area (Å²) in [6.45, 7) is 7.37. The lowest BCUT2D eigenvalue weighted by Crippen LogP contribution is -2.38. The lowest BCUT2D eigenvalue weighted by molar-refractivity contribution is 0.00181. The molecule has 0 spiro atoms. The maximum Gasteiger partial charge on any atom is 0.331 e. The average molecular weight is 422 g/mol. The van der Waals surface area contributed by atoms with E-state index >= 15 is 0 Å². The van der Waals surface area contributed by atoms with E-state index in [0.717, 1.165) is 55.0 Å². The van der Waals surface area contributed by atoms with Crippen LogP contribution in [-0.4, -0.2) is 29.8 Å². The Balaban J connectivity index is 1.60. The fourth-order valence-electron chi connectivity index (χ4n) is 4.98. The molecule has 0 bridgehead atoms. The SMILES string of the molecule is CCCn1c2nc(C3(C)CCC(C)(O)CC3)nc-2c2n(c1=O)C[C@@H](c1ccccc1)N2. The lowest BCUT2D eigenvalue weighted by atomic mass is 9.70. The summed E-state index contributed by atoms with van der Waals surface area (Å²) >= 11 is 0. The molecule has 3 heterocycles. The molecule has 0 saturated heterocycles. The molecule has 1 aromatic rings. The molecule has 0 aromatic heterocycles. The van der Waals surface area contributed by atoms with Crippen molar-refractivity contribution in [1.82, 2.24) is 19.1 Å². The van der Waals surface area contributed by atoms with Gasteiger partial charge in [0.05, 0.1) is 18.2 Å². The van der Waals surface area contributed by atoms with Crippen LogP contribution in [0.1, 0.15) is 70.3 Å². The van der Waals surface area contributed by atoms with Gasteiger partial charge in [-0.15, -0.1) is 0 Å². The largest absolute Gasteiger partial charge is 0.390 e. The van der Waals surface area contributed by atoms with Crippen molar-refractivity contribution in [1.29, 1.82) is 0 Å². The smallest absolute Gasteiger partial charge is 0.331 e. The molecule has 0 unspecified atom stereocenters. The molecule has 7 heteroatoms. The first-order valence-electron chi connectivity index (χ1n) is 11.4. The summed E-state index contributed by atoms with van der Waals surface area (Å²) in [5, 5.41) is 14.0.